The van der Waals surface area contributed by atoms with Gasteiger partial charge < -0.3 is 10.2 Å². The van der Waals surface area contributed by atoms with Crippen molar-refractivity contribution in [2.75, 3.05) is 13.1 Å². The third-order valence-corrected chi connectivity index (χ3v) is 12.7. The van der Waals surface area contributed by atoms with Crippen molar-refractivity contribution in [2.24, 2.45) is 22.2 Å². The molecule has 0 aromatic heterocycles. The van der Waals surface area contributed by atoms with Crippen LogP contribution in [-0.4, -0.2) is 65.5 Å². The molecule has 0 spiro atoms. The Morgan fingerprint density at radius 3 is 2.30 bits per heavy atom. The molecule has 1 N–H and O–H groups in total. The van der Waals surface area contributed by atoms with Gasteiger partial charge >= 0.3 is 0 Å². The lowest BCUT2D eigenvalue weighted by atomic mass is 9.38. The van der Waals surface area contributed by atoms with Crippen LogP contribution in [0.5, 0.6) is 0 Å². The van der Waals surface area contributed by atoms with Crippen LogP contribution >= 0.6 is 11.6 Å². The summed E-state index contributed by atoms with van der Waals surface area (Å²) >= 11 is 5.88. The number of amides is 1. The molecule has 2 aromatic rings. The van der Waals surface area contributed by atoms with E-state index in [-0.39, 0.29) is 35.5 Å². The van der Waals surface area contributed by atoms with Crippen molar-refractivity contribution in [2.45, 2.75) is 80.4 Å². The summed E-state index contributed by atoms with van der Waals surface area (Å²) in [5.74, 6) is -4.51. The molecule has 2 heterocycles. The van der Waals surface area contributed by atoms with Crippen LogP contribution < -0.4 is 5.32 Å². The third-order valence-electron chi connectivity index (χ3n) is 10.4. The number of fused-ring (bicyclic) bond motifs is 2. The number of amidine groups is 1. The minimum atomic E-state index is -3.93. The summed E-state index contributed by atoms with van der Waals surface area (Å²) in [7, 11) is -3.93. The lowest BCUT2D eigenvalue weighted by molar-refractivity contribution is -0.151. The summed E-state index contributed by atoms with van der Waals surface area (Å²) in [5, 5.41) is 3.41. The number of hydrogen-bond donors (Lipinski definition) is 1. The van der Waals surface area contributed by atoms with E-state index in [1.165, 1.54) is 16.4 Å². The Morgan fingerprint density at radius 1 is 1.07 bits per heavy atom. The van der Waals surface area contributed by atoms with E-state index < -0.39 is 56.1 Å². The minimum Gasteiger partial charge on any atom is -0.366 e. The van der Waals surface area contributed by atoms with Gasteiger partial charge in [-0.05, 0) is 75.8 Å². The molecule has 43 heavy (non-hydrogen) atoms. The Balaban J connectivity index is 1.13. The number of carbonyl (C=O) groups is 1. The van der Waals surface area contributed by atoms with Crippen LogP contribution in [0, 0.1) is 23.1 Å². The molecule has 0 radical (unpaired) electrons. The number of aliphatic imine (C=N–C) groups is 1. The number of nitrogens with zero attached hydrogens (tertiary/aromatic N) is 3. The highest BCUT2D eigenvalue weighted by atomic mass is 35.5. The number of sulfonamides is 1. The van der Waals surface area contributed by atoms with Gasteiger partial charge in [-0.2, -0.15) is 4.31 Å². The second-order valence-corrected chi connectivity index (χ2v) is 16.0. The average Bonchev–Trinajstić information content (AvgIpc) is 3.24. The van der Waals surface area contributed by atoms with Crippen molar-refractivity contribution in [1.29, 1.82) is 0 Å². The number of alkyl halides is 2. The molecule has 1 saturated heterocycles. The Bertz CT molecular complexity index is 1600. The van der Waals surface area contributed by atoms with Crippen molar-refractivity contribution in [3.8, 4) is 0 Å². The zero-order valence-electron chi connectivity index (χ0n) is 24.0. The van der Waals surface area contributed by atoms with Crippen LogP contribution in [0.15, 0.2) is 58.4 Å². The van der Waals surface area contributed by atoms with Gasteiger partial charge in [0.1, 0.15) is 11.7 Å². The number of halogens is 4. The van der Waals surface area contributed by atoms with E-state index in [0.29, 0.717) is 43.5 Å². The second kappa shape index (κ2) is 9.44. The molecule has 5 fully saturated rings. The van der Waals surface area contributed by atoms with Gasteiger partial charge in [0, 0.05) is 42.4 Å². The van der Waals surface area contributed by atoms with Crippen LogP contribution in [0.2, 0.25) is 5.02 Å². The molecule has 1 amide bonds. The first-order valence-electron chi connectivity index (χ1n) is 14.7. The first-order valence-corrected chi connectivity index (χ1v) is 16.5. The molecule has 8 rings (SSSR count). The Hall–Kier alpha value is -2.63. The highest BCUT2D eigenvalue weighted by Crippen LogP contribution is 2.71. The predicted octanol–water partition coefficient (Wildman–Crippen LogP) is 5.25. The summed E-state index contributed by atoms with van der Waals surface area (Å²) in [6.07, 6.45) is 2.37. The number of benzene rings is 2. The number of carbonyl (C=O) groups excluding carboxylic acids is 1. The van der Waals surface area contributed by atoms with E-state index in [9.17, 15) is 26.4 Å². The predicted molar refractivity (Wildman–Crippen MR) is 156 cm³/mol. The molecule has 6 aliphatic rings. The fraction of sp³-hybridized carbons (Fsp3) is 0.548. The van der Waals surface area contributed by atoms with Crippen molar-refractivity contribution in [1.82, 2.24) is 14.5 Å². The Kier molecular flexibility index (Phi) is 6.39. The van der Waals surface area contributed by atoms with E-state index in [1.54, 1.807) is 41.3 Å². The number of rotatable bonds is 7. The SMILES string of the molecule is CC1(C)NC(C23CC(N(Cc4ccc(Cl)c(F)c4)S(=O)(=O)c4ccccc4)(C2)C3)=N[C@H]1C(=O)N1CC2CCC(C1)C2(F)F. The number of nitrogens with one attached hydrogen (secondary N) is 1. The topological polar surface area (TPSA) is 82.1 Å². The van der Waals surface area contributed by atoms with Gasteiger partial charge in [0.05, 0.1) is 15.5 Å². The smallest absolute Gasteiger partial charge is 0.257 e. The normalized spacial score (nSPS) is 33.4. The summed E-state index contributed by atoms with van der Waals surface area (Å²) < 4.78 is 72.7. The Labute approximate surface area is 254 Å². The maximum Gasteiger partial charge on any atom is 0.257 e. The first-order chi connectivity index (χ1) is 20.2. The molecule has 12 heteroatoms. The van der Waals surface area contributed by atoms with Crippen molar-refractivity contribution >= 4 is 33.4 Å². The van der Waals surface area contributed by atoms with Crippen molar-refractivity contribution in [3.63, 3.8) is 0 Å². The van der Waals surface area contributed by atoms with Crippen LogP contribution in [0.4, 0.5) is 13.2 Å². The van der Waals surface area contributed by atoms with Gasteiger partial charge in [0.2, 0.25) is 15.9 Å². The molecular weight excluding hydrogens is 601 g/mol. The van der Waals surface area contributed by atoms with Crippen molar-refractivity contribution in [3.05, 3.63) is 64.9 Å². The molecule has 4 saturated carbocycles. The van der Waals surface area contributed by atoms with Crippen LogP contribution in [0.3, 0.4) is 0 Å². The number of hydrogen-bond acceptors (Lipinski definition) is 5. The molecule has 7 nitrogen and oxygen atoms in total. The zero-order chi connectivity index (χ0) is 30.6. The van der Waals surface area contributed by atoms with Gasteiger partial charge in [-0.15, -0.1) is 0 Å². The summed E-state index contributed by atoms with van der Waals surface area (Å²) in [5.41, 5.74) is -1.32. The van der Waals surface area contributed by atoms with Gasteiger partial charge in [0.15, 0.2) is 6.04 Å². The van der Waals surface area contributed by atoms with Crippen LogP contribution in [-0.2, 0) is 21.4 Å². The highest BCUT2D eigenvalue weighted by Gasteiger charge is 2.75. The molecule has 4 aliphatic carbocycles. The van der Waals surface area contributed by atoms with E-state index in [4.69, 9.17) is 16.6 Å². The molecule has 4 bridgehead atoms. The van der Waals surface area contributed by atoms with Gasteiger partial charge in [0.25, 0.3) is 5.92 Å². The van der Waals surface area contributed by atoms with Gasteiger partial charge in [-0.25, -0.2) is 21.6 Å². The van der Waals surface area contributed by atoms with E-state index in [1.807, 2.05) is 13.8 Å². The fourth-order valence-electron chi connectivity index (χ4n) is 8.12. The van der Waals surface area contributed by atoms with E-state index in [0.717, 1.165) is 0 Å². The molecule has 3 atom stereocenters. The van der Waals surface area contributed by atoms with Gasteiger partial charge in [-0.1, -0.05) is 35.9 Å². The van der Waals surface area contributed by atoms with Gasteiger partial charge in [-0.3, -0.25) is 9.79 Å². The van der Waals surface area contributed by atoms with E-state index in [2.05, 4.69) is 5.32 Å². The molecule has 2 unspecified atom stereocenters. The number of likely N-dealkylation sites (tertiary alicyclic amines) is 1. The molecule has 2 aromatic carbocycles. The van der Waals surface area contributed by atoms with E-state index >= 15 is 0 Å². The highest BCUT2D eigenvalue weighted by molar-refractivity contribution is 7.89. The fourth-order valence-corrected chi connectivity index (χ4v) is 10.0. The maximum atomic E-state index is 14.5. The summed E-state index contributed by atoms with van der Waals surface area (Å²) in [6.45, 7) is 3.86. The lowest BCUT2D eigenvalue weighted by Gasteiger charge is -2.73. The molecular formula is C31H34ClF3N4O3S. The standard InChI is InChI=1S/C31H34ClF3N4O3S/c1-28(2)25(26(40)38-14-20-9-10-21(15-38)31(20,34)35)36-27(37-28)29-16-30(17-29,18-29)39(13-19-8-11-23(32)24(33)12-19)43(41,42)22-6-4-3-5-7-22/h3-8,11-12,20-21,25H,9-10,13-18H2,1-2H3,(H,36,37)/t20?,21?,25-,29?,30?/m0/s1. The first kappa shape index (κ1) is 29.1. The Morgan fingerprint density at radius 2 is 1.70 bits per heavy atom. The van der Waals surface area contributed by atoms with Crippen LogP contribution in [0.25, 0.3) is 0 Å². The second-order valence-electron chi connectivity index (χ2n) is 13.7. The minimum absolute atomic E-state index is 0.0180. The van der Waals surface area contributed by atoms with Crippen molar-refractivity contribution < 1.29 is 26.4 Å². The largest absolute Gasteiger partial charge is 0.366 e. The monoisotopic (exact) mass is 634 g/mol. The van der Waals surface area contributed by atoms with Crippen LogP contribution in [0.1, 0.15) is 51.5 Å². The summed E-state index contributed by atoms with van der Waals surface area (Å²) in [4.78, 5) is 20.3. The lowest BCUT2D eigenvalue weighted by Crippen LogP contribution is -2.78. The summed E-state index contributed by atoms with van der Waals surface area (Å²) in [6, 6.07) is 11.8. The molecule has 2 aliphatic heterocycles. The third kappa shape index (κ3) is 4.35. The maximum absolute atomic E-state index is 14.5. The molecule has 230 valence electrons. The quantitative estimate of drug-likeness (QED) is 0.452. The zero-order valence-corrected chi connectivity index (χ0v) is 25.6. The average molecular weight is 635 g/mol. The number of piperidine rings is 1.